The Morgan fingerprint density at radius 2 is 1.86 bits per heavy atom. The number of aromatic nitrogens is 4. The molecule has 0 radical (unpaired) electrons. The lowest BCUT2D eigenvalue weighted by molar-refractivity contribution is 0.102. The van der Waals surface area contributed by atoms with Crippen LogP contribution >= 0.6 is 0 Å². The summed E-state index contributed by atoms with van der Waals surface area (Å²) in [6.07, 6.45) is 2.19. The molecule has 0 unspecified atom stereocenters. The van der Waals surface area contributed by atoms with Gasteiger partial charge >= 0.3 is 0 Å². The second-order valence-electron chi connectivity index (χ2n) is 8.73. The molecule has 11 nitrogen and oxygen atoms in total. The quantitative estimate of drug-likeness (QED) is 0.275. The molecule has 1 amide bonds. The molecule has 1 aliphatic heterocycles. The Kier molecular flexibility index (Phi) is 6.01. The lowest BCUT2D eigenvalue weighted by Gasteiger charge is -2.30. The van der Waals surface area contributed by atoms with Crippen LogP contribution in [0.5, 0.6) is 0 Å². The predicted molar refractivity (Wildman–Crippen MR) is 134 cm³/mol. The van der Waals surface area contributed by atoms with Gasteiger partial charge in [0.1, 0.15) is 5.69 Å². The summed E-state index contributed by atoms with van der Waals surface area (Å²) >= 11 is 0. The zero-order valence-corrected chi connectivity index (χ0v) is 19.9. The van der Waals surface area contributed by atoms with Gasteiger partial charge in [-0.15, -0.1) is 0 Å². The van der Waals surface area contributed by atoms with Gasteiger partial charge in [0, 0.05) is 23.4 Å². The molecule has 0 saturated carbocycles. The molecular formula is C23H26N8O3S. The van der Waals surface area contributed by atoms with Gasteiger partial charge < -0.3 is 20.5 Å². The maximum Gasteiger partial charge on any atom is 0.256 e. The zero-order valence-electron chi connectivity index (χ0n) is 19.1. The Hall–Kier alpha value is -3.74. The third kappa shape index (κ3) is 5.19. The van der Waals surface area contributed by atoms with E-state index in [2.05, 4.69) is 42.7 Å². The van der Waals surface area contributed by atoms with Crippen LogP contribution < -0.4 is 15.8 Å². The van der Waals surface area contributed by atoms with Crippen LogP contribution in [0.4, 0.5) is 11.5 Å². The molecule has 0 spiro atoms. The average Bonchev–Trinajstić information content (AvgIpc) is 3.47. The van der Waals surface area contributed by atoms with Crippen molar-refractivity contribution in [1.29, 1.82) is 0 Å². The maximum absolute atomic E-state index is 12.7. The van der Waals surface area contributed by atoms with Crippen molar-refractivity contribution in [3.05, 3.63) is 54.1 Å². The van der Waals surface area contributed by atoms with Crippen LogP contribution in [0, 0.1) is 0 Å². The summed E-state index contributed by atoms with van der Waals surface area (Å²) in [6.45, 7) is 2.16. The van der Waals surface area contributed by atoms with E-state index in [0.29, 0.717) is 40.0 Å². The number of nitrogens with zero attached hydrogens (tertiary/aromatic N) is 3. The summed E-state index contributed by atoms with van der Waals surface area (Å²) in [6, 6.07) is 13.9. The number of benzene rings is 2. The van der Waals surface area contributed by atoms with Gasteiger partial charge in [0.05, 0.1) is 15.9 Å². The Labute approximate surface area is 202 Å². The first kappa shape index (κ1) is 23.0. The summed E-state index contributed by atoms with van der Waals surface area (Å²) < 4.78 is 23.1. The molecule has 5 rings (SSSR count). The number of hydrogen-bond acceptors (Lipinski definition) is 7. The van der Waals surface area contributed by atoms with E-state index in [1.54, 1.807) is 24.3 Å². The third-order valence-electron chi connectivity index (χ3n) is 6.09. The number of hydrogen-bond donors (Lipinski definition) is 5. The summed E-state index contributed by atoms with van der Waals surface area (Å²) in [5.41, 5.74) is 3.13. The smallest absolute Gasteiger partial charge is 0.256 e. The van der Waals surface area contributed by atoms with E-state index in [0.717, 1.165) is 31.6 Å². The van der Waals surface area contributed by atoms with Gasteiger partial charge in [-0.2, -0.15) is 5.10 Å². The fourth-order valence-electron chi connectivity index (χ4n) is 4.09. The lowest BCUT2D eigenvalue weighted by Crippen LogP contribution is -2.36. The van der Waals surface area contributed by atoms with Crippen LogP contribution in [0.15, 0.2) is 53.4 Å². The largest absolute Gasteiger partial charge is 0.382 e. The second kappa shape index (κ2) is 9.13. The zero-order chi connectivity index (χ0) is 24.6. The number of nitrogens with two attached hydrogens (primary N) is 1. The number of nitrogens with one attached hydrogen (secondary N) is 4. The number of fused-ring (bicyclic) bond motifs is 1. The van der Waals surface area contributed by atoms with Crippen molar-refractivity contribution in [1.82, 2.24) is 25.1 Å². The van der Waals surface area contributed by atoms with Crippen molar-refractivity contribution in [3.63, 3.8) is 0 Å². The number of piperidine rings is 1. The normalized spacial score (nSPS) is 15.4. The first-order valence-corrected chi connectivity index (χ1v) is 12.7. The number of primary sulfonamides is 1. The lowest BCUT2D eigenvalue weighted by atomic mass is 10.0. The first-order chi connectivity index (χ1) is 16.7. The number of H-pyrrole nitrogens is 2. The first-order valence-electron chi connectivity index (χ1n) is 11.2. The molecule has 3 heterocycles. The Bertz CT molecular complexity index is 1470. The molecule has 6 N–H and O–H groups in total. The molecule has 1 aliphatic rings. The van der Waals surface area contributed by atoms with Crippen LogP contribution in [-0.2, 0) is 10.0 Å². The number of anilines is 2. The van der Waals surface area contributed by atoms with Crippen LogP contribution in [0.2, 0.25) is 0 Å². The molecule has 182 valence electrons. The van der Waals surface area contributed by atoms with E-state index < -0.39 is 10.0 Å². The van der Waals surface area contributed by atoms with E-state index in [-0.39, 0.29) is 10.8 Å². The minimum atomic E-state index is -3.83. The Morgan fingerprint density at radius 1 is 1.11 bits per heavy atom. The Balaban J connectivity index is 1.24. The summed E-state index contributed by atoms with van der Waals surface area (Å²) in [7, 11) is -1.69. The number of carbonyl (C=O) groups excluding carboxylic acids is 1. The molecule has 35 heavy (non-hydrogen) atoms. The Morgan fingerprint density at radius 3 is 2.57 bits per heavy atom. The highest BCUT2D eigenvalue weighted by atomic mass is 32.2. The van der Waals surface area contributed by atoms with Crippen LogP contribution in [0.1, 0.15) is 23.2 Å². The highest BCUT2D eigenvalue weighted by Crippen LogP contribution is 2.23. The molecule has 4 aromatic rings. The summed E-state index contributed by atoms with van der Waals surface area (Å²) in [5, 5.41) is 18.5. The molecule has 1 fully saturated rings. The van der Waals surface area contributed by atoms with Crippen molar-refractivity contribution in [2.24, 2.45) is 5.14 Å². The highest BCUT2D eigenvalue weighted by molar-refractivity contribution is 7.89. The molecule has 0 bridgehead atoms. The minimum Gasteiger partial charge on any atom is -0.382 e. The summed E-state index contributed by atoms with van der Waals surface area (Å²) in [5.74, 6) is 0.504. The van der Waals surface area contributed by atoms with E-state index in [9.17, 15) is 13.2 Å². The molecule has 1 saturated heterocycles. The number of amides is 1. The van der Waals surface area contributed by atoms with Crippen molar-refractivity contribution >= 4 is 38.5 Å². The maximum atomic E-state index is 12.7. The number of aromatic amines is 2. The van der Waals surface area contributed by atoms with Gasteiger partial charge in [0.25, 0.3) is 5.91 Å². The standard InChI is InChI=1S/C23H26N8O3S/c1-31-10-8-16(9-11-31)25-15-4-2-14(3-5-15)23(32)28-21-13-20(29-30-21)22-26-18-7-6-17(35(24,33)34)12-19(18)27-22/h2-7,12-13,16,25H,8-11H2,1H3,(H,26,27)(H2,24,33,34)(H2,28,29,30,32). The topological polar surface area (TPSA) is 162 Å². The van der Waals surface area contributed by atoms with E-state index >= 15 is 0 Å². The predicted octanol–water partition coefficient (Wildman–Crippen LogP) is 2.36. The number of carbonyl (C=O) groups is 1. The summed E-state index contributed by atoms with van der Waals surface area (Å²) in [4.78, 5) is 22.5. The van der Waals surface area contributed by atoms with Crippen molar-refractivity contribution in [3.8, 4) is 11.5 Å². The van der Waals surface area contributed by atoms with E-state index in [4.69, 9.17) is 5.14 Å². The molecule has 0 aliphatic carbocycles. The van der Waals surface area contributed by atoms with Crippen molar-refractivity contribution in [2.75, 3.05) is 30.8 Å². The minimum absolute atomic E-state index is 0.0202. The fourth-order valence-corrected chi connectivity index (χ4v) is 4.63. The monoisotopic (exact) mass is 494 g/mol. The molecule has 2 aromatic carbocycles. The number of imidazole rings is 1. The van der Waals surface area contributed by atoms with Crippen LogP contribution in [0.3, 0.4) is 0 Å². The average molecular weight is 495 g/mol. The van der Waals surface area contributed by atoms with Gasteiger partial charge in [0.15, 0.2) is 11.6 Å². The van der Waals surface area contributed by atoms with E-state index in [1.807, 2.05) is 12.1 Å². The van der Waals surface area contributed by atoms with Crippen LogP contribution in [-0.4, -0.2) is 65.6 Å². The van der Waals surface area contributed by atoms with Gasteiger partial charge in [0.2, 0.25) is 10.0 Å². The molecule has 12 heteroatoms. The van der Waals surface area contributed by atoms with E-state index in [1.165, 1.54) is 12.1 Å². The number of likely N-dealkylation sites (tertiary alicyclic amines) is 1. The fraction of sp³-hybridized carbons (Fsp3) is 0.261. The van der Waals surface area contributed by atoms with Gasteiger partial charge in [-0.25, -0.2) is 18.5 Å². The highest BCUT2D eigenvalue weighted by Gasteiger charge is 2.17. The van der Waals surface area contributed by atoms with Gasteiger partial charge in [-0.05, 0) is 75.4 Å². The molecule has 2 aromatic heterocycles. The molecular weight excluding hydrogens is 468 g/mol. The van der Waals surface area contributed by atoms with Crippen LogP contribution in [0.25, 0.3) is 22.6 Å². The van der Waals surface area contributed by atoms with Gasteiger partial charge in [-0.1, -0.05) is 0 Å². The second-order valence-corrected chi connectivity index (χ2v) is 10.3. The van der Waals surface area contributed by atoms with Crippen molar-refractivity contribution < 1.29 is 13.2 Å². The number of sulfonamides is 1. The van der Waals surface area contributed by atoms with Gasteiger partial charge in [-0.3, -0.25) is 9.89 Å². The SMILES string of the molecule is CN1CCC(Nc2ccc(C(=O)Nc3cc(-c4nc5cc(S(N)(=O)=O)ccc5[nH]4)[nH]n3)cc2)CC1. The number of rotatable bonds is 6. The third-order valence-corrected chi connectivity index (χ3v) is 7.01. The molecule has 0 atom stereocenters. The van der Waals surface area contributed by atoms with Crippen molar-refractivity contribution in [2.45, 2.75) is 23.8 Å².